The molecule has 1 aromatic heterocycles. The number of nitrogens with zero attached hydrogens (tertiary/aromatic N) is 1. The van der Waals surface area contributed by atoms with Crippen molar-refractivity contribution in [3.8, 4) is 5.75 Å². The largest absolute Gasteiger partial charge is 0.505 e. The number of fused-ring (bicyclic) bond motifs is 1. The Kier molecular flexibility index (Phi) is 6.55. The van der Waals surface area contributed by atoms with E-state index in [-0.39, 0.29) is 23.0 Å². The lowest BCUT2D eigenvalue weighted by atomic mass is 9.96. The predicted octanol–water partition coefficient (Wildman–Crippen LogP) is 4.08. The maximum absolute atomic E-state index is 15.0. The quantitative estimate of drug-likeness (QED) is 0.513. The molecule has 0 saturated carbocycles. The third-order valence-corrected chi connectivity index (χ3v) is 5.71. The molecule has 0 saturated heterocycles. The van der Waals surface area contributed by atoms with E-state index in [4.69, 9.17) is 16.7 Å². The summed E-state index contributed by atoms with van der Waals surface area (Å²) >= 11 is 5.90. The Morgan fingerprint density at radius 3 is 2.34 bits per heavy atom. The van der Waals surface area contributed by atoms with Crippen molar-refractivity contribution in [2.45, 2.75) is 26.7 Å². The molecule has 0 aliphatic heterocycles. The molecule has 1 amide bonds. The summed E-state index contributed by atoms with van der Waals surface area (Å²) in [5.74, 6) is -5.32. The van der Waals surface area contributed by atoms with Gasteiger partial charge in [-0.15, -0.1) is 0 Å². The minimum Gasteiger partial charge on any atom is -0.505 e. The first-order valence-electron chi connectivity index (χ1n) is 9.87. The van der Waals surface area contributed by atoms with Crippen LogP contribution < -0.4 is 5.32 Å². The molecule has 3 aromatic rings. The number of aliphatic carboxylic acids is 1. The summed E-state index contributed by atoms with van der Waals surface area (Å²) in [6.45, 7) is 4.47. The summed E-state index contributed by atoms with van der Waals surface area (Å²) in [7, 11) is 0. The van der Waals surface area contributed by atoms with Crippen molar-refractivity contribution in [3.05, 3.63) is 64.1 Å². The number of phenolic OH excluding ortho intramolecular Hbond substituents is 1. The van der Waals surface area contributed by atoms with Crippen LogP contribution in [0.5, 0.6) is 5.75 Å². The number of amides is 1. The zero-order chi connectivity index (χ0) is 23.7. The topological polar surface area (TPSA) is 109 Å². The first-order valence-corrected chi connectivity index (χ1v) is 10.3. The average Bonchev–Trinajstić information content (AvgIpc) is 3.06. The number of benzene rings is 2. The number of halogens is 2. The molecule has 2 aromatic carbocycles. The van der Waals surface area contributed by atoms with Crippen molar-refractivity contribution >= 4 is 40.3 Å². The van der Waals surface area contributed by atoms with Crippen molar-refractivity contribution in [2.24, 2.45) is 5.92 Å². The van der Waals surface area contributed by atoms with Gasteiger partial charge in [0.1, 0.15) is 0 Å². The number of aromatic nitrogens is 1. The van der Waals surface area contributed by atoms with Gasteiger partial charge in [0.2, 0.25) is 5.91 Å². The fourth-order valence-corrected chi connectivity index (χ4v) is 3.74. The molecule has 9 heteroatoms. The Morgan fingerprint density at radius 2 is 1.75 bits per heavy atom. The summed E-state index contributed by atoms with van der Waals surface area (Å²) in [6.07, 6.45) is 0. The number of phenols is 1. The molecule has 0 bridgehead atoms. The normalized spacial score (nSPS) is 13.0. The summed E-state index contributed by atoms with van der Waals surface area (Å²) in [6, 6.07) is 8.75. The van der Waals surface area contributed by atoms with Crippen LogP contribution >= 0.6 is 11.6 Å². The fraction of sp³-hybridized carbons (Fsp3) is 0.261. The molecule has 0 spiro atoms. The maximum atomic E-state index is 15.0. The lowest BCUT2D eigenvalue weighted by Gasteiger charge is -2.15. The number of carboxylic acids is 1. The van der Waals surface area contributed by atoms with E-state index in [9.17, 15) is 19.5 Å². The second-order valence-electron chi connectivity index (χ2n) is 7.65. The van der Waals surface area contributed by atoms with Gasteiger partial charge in [-0.05, 0) is 55.8 Å². The van der Waals surface area contributed by atoms with Crippen LogP contribution in [0.1, 0.15) is 41.4 Å². The predicted molar refractivity (Wildman–Crippen MR) is 118 cm³/mol. The number of carbonyl (C=O) groups is 3. The van der Waals surface area contributed by atoms with Crippen LogP contribution in [0.15, 0.2) is 36.4 Å². The molecule has 32 heavy (non-hydrogen) atoms. The Balaban J connectivity index is 2.12. The molecule has 3 N–H and O–H groups in total. The number of nitrogens with one attached hydrogen (secondary N) is 1. The van der Waals surface area contributed by atoms with E-state index in [1.807, 2.05) is 0 Å². The summed E-state index contributed by atoms with van der Waals surface area (Å²) in [5, 5.41) is 21.9. The highest BCUT2D eigenvalue weighted by molar-refractivity contribution is 6.30. The van der Waals surface area contributed by atoms with Crippen LogP contribution in [0.2, 0.25) is 5.02 Å². The molecule has 1 unspecified atom stereocenters. The van der Waals surface area contributed by atoms with Gasteiger partial charge >= 0.3 is 5.97 Å². The lowest BCUT2D eigenvalue weighted by molar-refractivity contribution is -0.141. The minimum atomic E-state index is -1.06. The number of carbonyl (C=O) groups excluding carboxylic acids is 2. The van der Waals surface area contributed by atoms with E-state index >= 15 is 4.39 Å². The fourth-order valence-electron chi connectivity index (χ4n) is 3.62. The zero-order valence-electron chi connectivity index (χ0n) is 17.6. The first-order chi connectivity index (χ1) is 15.0. The number of hydrogen-bond donors (Lipinski definition) is 3. The third-order valence-electron chi connectivity index (χ3n) is 5.46. The highest BCUT2D eigenvalue weighted by atomic mass is 35.5. The molecule has 3 rings (SSSR count). The van der Waals surface area contributed by atoms with Gasteiger partial charge in [0.05, 0.1) is 17.4 Å². The van der Waals surface area contributed by atoms with Crippen molar-refractivity contribution in [1.29, 1.82) is 0 Å². The monoisotopic (exact) mass is 460 g/mol. The van der Waals surface area contributed by atoms with Crippen LogP contribution in [-0.2, 0) is 9.59 Å². The van der Waals surface area contributed by atoms with Gasteiger partial charge in [-0.2, -0.15) is 0 Å². The van der Waals surface area contributed by atoms with E-state index in [0.29, 0.717) is 16.3 Å². The second-order valence-corrected chi connectivity index (χ2v) is 8.08. The van der Waals surface area contributed by atoms with Crippen molar-refractivity contribution in [3.63, 3.8) is 0 Å². The molecular weight excluding hydrogens is 439 g/mol. The van der Waals surface area contributed by atoms with E-state index in [2.05, 4.69) is 5.32 Å². The Hall–Kier alpha value is -3.39. The van der Waals surface area contributed by atoms with Gasteiger partial charge in [0, 0.05) is 28.2 Å². The molecule has 1 heterocycles. The minimum absolute atomic E-state index is 0.0428. The van der Waals surface area contributed by atoms with E-state index in [0.717, 1.165) is 6.07 Å². The van der Waals surface area contributed by atoms with E-state index in [1.54, 1.807) is 19.1 Å². The zero-order valence-corrected chi connectivity index (χ0v) is 18.4. The number of rotatable bonds is 6. The maximum Gasteiger partial charge on any atom is 0.308 e. The van der Waals surface area contributed by atoms with Gasteiger partial charge in [0.15, 0.2) is 11.6 Å². The van der Waals surface area contributed by atoms with Crippen molar-refractivity contribution < 1.29 is 29.0 Å². The van der Waals surface area contributed by atoms with Crippen LogP contribution in [0, 0.1) is 18.7 Å². The van der Waals surface area contributed by atoms with E-state index < -0.39 is 41.2 Å². The van der Waals surface area contributed by atoms with Crippen molar-refractivity contribution in [2.75, 3.05) is 6.54 Å². The second kappa shape index (κ2) is 9.00. The van der Waals surface area contributed by atoms with Gasteiger partial charge < -0.3 is 15.5 Å². The SMILES string of the molecule is Cc1c([C@H](C)C(=O)NCC(C)C(=O)O)c2c(F)c(O)ccc2n1C(=O)c1ccc(Cl)cc1. The Bertz CT molecular complexity index is 1220. The first kappa shape index (κ1) is 23.3. The third kappa shape index (κ3) is 4.18. The standard InChI is InChI=1S/C23H22ClFN2O5/c1-11(23(31)32)10-26-21(29)12(2)18-13(3)27(16-8-9-17(28)20(25)19(16)18)22(30)14-4-6-15(24)7-5-14/h4-9,11-12,28H,10H2,1-3H3,(H,26,29)(H,31,32)/t11?,12-/m0/s1. The number of hydrogen-bond acceptors (Lipinski definition) is 4. The van der Waals surface area contributed by atoms with Crippen LogP contribution in [0.25, 0.3) is 10.9 Å². The van der Waals surface area contributed by atoms with Crippen LogP contribution in [0.4, 0.5) is 4.39 Å². The molecule has 0 radical (unpaired) electrons. The number of carboxylic acid groups (broad SMARTS) is 1. The van der Waals surface area contributed by atoms with Crippen LogP contribution in [-0.4, -0.2) is 39.1 Å². The molecule has 0 aliphatic carbocycles. The molecule has 0 aliphatic rings. The lowest BCUT2D eigenvalue weighted by Crippen LogP contribution is -2.34. The summed E-state index contributed by atoms with van der Waals surface area (Å²) in [5.41, 5.74) is 1.07. The van der Waals surface area contributed by atoms with Gasteiger partial charge in [-0.25, -0.2) is 4.39 Å². The molecular formula is C23H22ClFN2O5. The Labute approximate surface area is 188 Å². The highest BCUT2D eigenvalue weighted by Crippen LogP contribution is 2.37. The highest BCUT2D eigenvalue weighted by Gasteiger charge is 2.29. The van der Waals surface area contributed by atoms with Gasteiger partial charge in [-0.3, -0.25) is 19.0 Å². The Morgan fingerprint density at radius 1 is 1.12 bits per heavy atom. The average molecular weight is 461 g/mol. The van der Waals surface area contributed by atoms with Crippen LogP contribution in [0.3, 0.4) is 0 Å². The number of aromatic hydroxyl groups is 1. The van der Waals surface area contributed by atoms with Gasteiger partial charge in [0.25, 0.3) is 5.91 Å². The smallest absolute Gasteiger partial charge is 0.308 e. The summed E-state index contributed by atoms with van der Waals surface area (Å²) < 4.78 is 16.3. The molecule has 2 atom stereocenters. The molecule has 0 fully saturated rings. The van der Waals surface area contributed by atoms with E-state index in [1.165, 1.54) is 36.6 Å². The van der Waals surface area contributed by atoms with Crippen molar-refractivity contribution in [1.82, 2.24) is 9.88 Å². The summed E-state index contributed by atoms with van der Waals surface area (Å²) in [4.78, 5) is 37.0. The molecule has 168 valence electrons. The van der Waals surface area contributed by atoms with Gasteiger partial charge in [-0.1, -0.05) is 18.5 Å². The molecule has 7 nitrogen and oxygen atoms in total.